The Hall–Kier alpha value is -1.05. The molecule has 1 rings (SSSR count). The lowest BCUT2D eigenvalue weighted by Crippen LogP contribution is -1.91. The van der Waals surface area contributed by atoms with E-state index in [1.165, 1.54) is 5.56 Å². The number of nitrogens with one attached hydrogen (secondary N) is 1. The van der Waals surface area contributed by atoms with Gasteiger partial charge in [-0.15, -0.1) is 0 Å². The second-order valence-electron chi connectivity index (χ2n) is 2.42. The SMILES string of the molecule is CC(=O)CCc1cc[nH]c1. The molecule has 0 saturated heterocycles. The molecule has 0 bridgehead atoms. The molecule has 0 spiro atoms. The summed E-state index contributed by atoms with van der Waals surface area (Å²) in [6, 6.07) is 1.99. The molecule has 0 aliphatic heterocycles. The third-order valence-electron chi connectivity index (χ3n) is 1.43. The van der Waals surface area contributed by atoms with E-state index in [4.69, 9.17) is 0 Å². The van der Waals surface area contributed by atoms with E-state index in [2.05, 4.69) is 4.98 Å². The number of hydrogen-bond acceptors (Lipinski definition) is 1. The van der Waals surface area contributed by atoms with Gasteiger partial charge in [0.2, 0.25) is 0 Å². The van der Waals surface area contributed by atoms with Crippen molar-refractivity contribution in [3.05, 3.63) is 24.0 Å². The van der Waals surface area contributed by atoms with Crippen molar-refractivity contribution in [2.24, 2.45) is 0 Å². The summed E-state index contributed by atoms with van der Waals surface area (Å²) in [6.45, 7) is 1.62. The highest BCUT2D eigenvalue weighted by Gasteiger charge is 1.94. The number of hydrogen-bond donors (Lipinski definition) is 1. The third-order valence-corrected chi connectivity index (χ3v) is 1.43. The molecule has 10 heavy (non-hydrogen) atoms. The van der Waals surface area contributed by atoms with Crippen LogP contribution >= 0.6 is 0 Å². The minimum atomic E-state index is 0.251. The first-order valence-electron chi connectivity index (χ1n) is 3.40. The standard InChI is InChI=1S/C8H11NO/c1-7(10)2-3-8-4-5-9-6-8/h4-6,9H,2-3H2,1H3. The number of aryl methyl sites for hydroxylation is 1. The average Bonchev–Trinajstić information content (AvgIpc) is 2.34. The highest BCUT2D eigenvalue weighted by Crippen LogP contribution is 2.00. The van der Waals surface area contributed by atoms with Crippen LogP contribution in [0.15, 0.2) is 18.5 Å². The molecule has 0 saturated carbocycles. The maximum Gasteiger partial charge on any atom is 0.130 e. The van der Waals surface area contributed by atoms with E-state index in [-0.39, 0.29) is 5.78 Å². The fourth-order valence-electron chi connectivity index (χ4n) is 0.834. The molecule has 0 aliphatic rings. The first-order valence-corrected chi connectivity index (χ1v) is 3.40. The molecule has 1 heterocycles. The van der Waals surface area contributed by atoms with Crippen LogP contribution in [0, 0.1) is 0 Å². The van der Waals surface area contributed by atoms with Crippen molar-refractivity contribution in [1.82, 2.24) is 4.98 Å². The third kappa shape index (κ3) is 2.05. The largest absolute Gasteiger partial charge is 0.367 e. The Labute approximate surface area is 60.3 Å². The van der Waals surface area contributed by atoms with Crippen molar-refractivity contribution in [3.63, 3.8) is 0 Å². The summed E-state index contributed by atoms with van der Waals surface area (Å²) < 4.78 is 0. The molecular weight excluding hydrogens is 126 g/mol. The van der Waals surface area contributed by atoms with E-state index in [9.17, 15) is 4.79 Å². The summed E-state index contributed by atoms with van der Waals surface area (Å²) in [5, 5.41) is 0. The van der Waals surface area contributed by atoms with Crippen LogP contribution in [0.4, 0.5) is 0 Å². The van der Waals surface area contributed by atoms with E-state index in [1.807, 2.05) is 18.5 Å². The highest BCUT2D eigenvalue weighted by atomic mass is 16.1. The summed E-state index contributed by atoms with van der Waals surface area (Å²) in [5.41, 5.74) is 1.20. The minimum Gasteiger partial charge on any atom is -0.367 e. The molecule has 1 aromatic heterocycles. The molecule has 2 heteroatoms. The van der Waals surface area contributed by atoms with Gasteiger partial charge in [0.05, 0.1) is 0 Å². The second kappa shape index (κ2) is 3.20. The number of aromatic nitrogens is 1. The molecular formula is C8H11NO. The second-order valence-corrected chi connectivity index (χ2v) is 2.42. The fraction of sp³-hybridized carbons (Fsp3) is 0.375. The Morgan fingerprint density at radius 2 is 2.50 bits per heavy atom. The molecule has 0 unspecified atom stereocenters. The lowest BCUT2D eigenvalue weighted by molar-refractivity contribution is -0.116. The van der Waals surface area contributed by atoms with Gasteiger partial charge >= 0.3 is 0 Å². The maximum absolute atomic E-state index is 10.5. The highest BCUT2D eigenvalue weighted by molar-refractivity contribution is 5.75. The predicted molar refractivity (Wildman–Crippen MR) is 39.8 cm³/mol. The molecule has 0 atom stereocenters. The van der Waals surface area contributed by atoms with Gasteiger partial charge in [0.25, 0.3) is 0 Å². The number of Topliss-reactive ketones (excluding diaryl/α,β-unsaturated/α-hetero) is 1. The lowest BCUT2D eigenvalue weighted by atomic mass is 10.1. The molecule has 2 nitrogen and oxygen atoms in total. The first-order chi connectivity index (χ1) is 4.79. The van der Waals surface area contributed by atoms with Crippen LogP contribution in [0.5, 0.6) is 0 Å². The summed E-state index contributed by atoms with van der Waals surface area (Å²) in [5.74, 6) is 0.251. The molecule has 0 amide bonds. The van der Waals surface area contributed by atoms with Crippen LogP contribution < -0.4 is 0 Å². The Kier molecular flexibility index (Phi) is 2.26. The zero-order valence-electron chi connectivity index (χ0n) is 6.05. The normalized spacial score (nSPS) is 9.70. The molecule has 1 aromatic rings. The molecule has 1 N–H and O–H groups in total. The van der Waals surface area contributed by atoms with E-state index in [0.29, 0.717) is 6.42 Å². The van der Waals surface area contributed by atoms with Crippen molar-refractivity contribution in [1.29, 1.82) is 0 Å². The Morgan fingerprint density at radius 3 is 3.00 bits per heavy atom. The van der Waals surface area contributed by atoms with Crippen molar-refractivity contribution in [2.45, 2.75) is 19.8 Å². The number of rotatable bonds is 3. The van der Waals surface area contributed by atoms with E-state index < -0.39 is 0 Å². The fourth-order valence-corrected chi connectivity index (χ4v) is 0.834. The zero-order chi connectivity index (χ0) is 7.40. The zero-order valence-corrected chi connectivity index (χ0v) is 6.05. The summed E-state index contributed by atoms with van der Waals surface area (Å²) >= 11 is 0. The van der Waals surface area contributed by atoms with Crippen molar-refractivity contribution in [3.8, 4) is 0 Å². The Balaban J connectivity index is 2.35. The van der Waals surface area contributed by atoms with Gasteiger partial charge in [0.1, 0.15) is 5.78 Å². The van der Waals surface area contributed by atoms with Crippen LogP contribution in [-0.2, 0) is 11.2 Å². The lowest BCUT2D eigenvalue weighted by Gasteiger charge is -1.90. The average molecular weight is 137 g/mol. The molecule has 0 fully saturated rings. The predicted octanol–water partition coefficient (Wildman–Crippen LogP) is 1.54. The smallest absolute Gasteiger partial charge is 0.130 e. The van der Waals surface area contributed by atoms with Crippen LogP contribution in [0.2, 0.25) is 0 Å². The summed E-state index contributed by atoms with van der Waals surface area (Å²) in [4.78, 5) is 13.5. The van der Waals surface area contributed by atoms with Gasteiger partial charge in [-0.25, -0.2) is 0 Å². The number of carbonyl (C=O) groups is 1. The van der Waals surface area contributed by atoms with E-state index in [0.717, 1.165) is 6.42 Å². The number of aromatic amines is 1. The molecule has 0 aromatic carbocycles. The van der Waals surface area contributed by atoms with Gasteiger partial charge in [-0.2, -0.15) is 0 Å². The number of H-pyrrole nitrogens is 1. The van der Waals surface area contributed by atoms with Crippen LogP contribution in [0.25, 0.3) is 0 Å². The van der Waals surface area contributed by atoms with Crippen LogP contribution in [0.3, 0.4) is 0 Å². The van der Waals surface area contributed by atoms with Gasteiger partial charge in [-0.1, -0.05) is 0 Å². The van der Waals surface area contributed by atoms with Gasteiger partial charge < -0.3 is 9.78 Å². The van der Waals surface area contributed by atoms with Gasteiger partial charge in [0, 0.05) is 18.8 Å². The van der Waals surface area contributed by atoms with Gasteiger partial charge in [0.15, 0.2) is 0 Å². The maximum atomic E-state index is 10.5. The van der Waals surface area contributed by atoms with E-state index >= 15 is 0 Å². The van der Waals surface area contributed by atoms with Crippen LogP contribution in [-0.4, -0.2) is 10.8 Å². The van der Waals surface area contributed by atoms with E-state index in [1.54, 1.807) is 6.92 Å². The minimum absolute atomic E-state index is 0.251. The topological polar surface area (TPSA) is 32.9 Å². The summed E-state index contributed by atoms with van der Waals surface area (Å²) in [7, 11) is 0. The molecule has 0 radical (unpaired) electrons. The Morgan fingerprint density at radius 1 is 1.70 bits per heavy atom. The quantitative estimate of drug-likeness (QED) is 0.673. The van der Waals surface area contributed by atoms with Crippen molar-refractivity contribution < 1.29 is 4.79 Å². The van der Waals surface area contributed by atoms with Crippen molar-refractivity contribution >= 4 is 5.78 Å². The Bertz CT molecular complexity index is 201. The number of ketones is 1. The summed E-state index contributed by atoms with van der Waals surface area (Å²) in [6.07, 6.45) is 5.30. The first kappa shape index (κ1) is 7.06. The number of carbonyl (C=O) groups excluding carboxylic acids is 1. The van der Waals surface area contributed by atoms with Crippen molar-refractivity contribution in [2.75, 3.05) is 0 Å². The van der Waals surface area contributed by atoms with Gasteiger partial charge in [-0.05, 0) is 25.0 Å². The molecule has 54 valence electrons. The monoisotopic (exact) mass is 137 g/mol. The van der Waals surface area contributed by atoms with Crippen LogP contribution in [0.1, 0.15) is 18.9 Å². The molecule has 0 aliphatic carbocycles. The van der Waals surface area contributed by atoms with Gasteiger partial charge in [-0.3, -0.25) is 0 Å².